The van der Waals surface area contributed by atoms with Gasteiger partial charge in [-0.2, -0.15) is 0 Å². The van der Waals surface area contributed by atoms with Crippen LogP contribution in [0.1, 0.15) is 45.1 Å². The molecular formula is C23H31FN2O5. The Morgan fingerprint density at radius 2 is 1.94 bits per heavy atom. The van der Waals surface area contributed by atoms with Crippen LogP contribution >= 0.6 is 0 Å². The van der Waals surface area contributed by atoms with Crippen LogP contribution in [0.4, 0.5) is 4.39 Å². The molecule has 1 aliphatic carbocycles. The Bertz CT molecular complexity index is 868. The first-order valence-electron chi connectivity index (χ1n) is 10.4. The lowest BCUT2D eigenvalue weighted by molar-refractivity contribution is -0.154. The molecule has 1 aromatic rings. The largest absolute Gasteiger partial charge is 0.503 e. The minimum atomic E-state index is -0.966. The monoisotopic (exact) mass is 434 g/mol. The third-order valence-corrected chi connectivity index (χ3v) is 5.59. The summed E-state index contributed by atoms with van der Waals surface area (Å²) in [6.07, 6.45) is 5.72. The zero-order valence-electron chi connectivity index (χ0n) is 18.8. The third kappa shape index (κ3) is 5.83. The number of aromatic hydroxyl groups is 1. The molecule has 2 N–H and O–H groups in total. The minimum absolute atomic E-state index is 0.0186. The fourth-order valence-corrected chi connectivity index (χ4v) is 4.03. The number of aromatic nitrogens is 1. The van der Waals surface area contributed by atoms with Crippen LogP contribution < -0.4 is 10.1 Å². The highest BCUT2D eigenvalue weighted by atomic mass is 19.1. The zero-order valence-corrected chi connectivity index (χ0v) is 18.8. The van der Waals surface area contributed by atoms with E-state index in [4.69, 9.17) is 9.47 Å². The van der Waals surface area contributed by atoms with Gasteiger partial charge in [0.2, 0.25) is 0 Å². The second-order valence-corrected chi connectivity index (χ2v) is 8.22. The van der Waals surface area contributed by atoms with Gasteiger partial charge < -0.3 is 19.9 Å². The maximum atomic E-state index is 13.5. The van der Waals surface area contributed by atoms with Crippen molar-refractivity contribution in [2.24, 2.45) is 23.7 Å². The summed E-state index contributed by atoms with van der Waals surface area (Å²) in [6.45, 7) is 9.31. The standard InChI is InChI=1S/C23H31FN2O5/c1-12(2)19(17-8-7-16(24)11-13(17)3)15(5)31-23(29)14(4)26-22(28)20-21(27)18(30-6)9-10-25-20/h7-15,17,19,27H,1-6H3,(H,26,28)/t13?,14-,15-,17?,19-/m0/s1. The number of nitrogens with one attached hydrogen (secondary N) is 1. The number of carbonyl (C=O) groups is 2. The molecular weight excluding hydrogens is 403 g/mol. The molecule has 0 bridgehead atoms. The molecule has 0 saturated carbocycles. The molecule has 0 radical (unpaired) electrons. The van der Waals surface area contributed by atoms with Gasteiger partial charge in [-0.1, -0.05) is 26.8 Å². The Morgan fingerprint density at radius 3 is 2.52 bits per heavy atom. The van der Waals surface area contributed by atoms with Crippen molar-refractivity contribution in [1.29, 1.82) is 0 Å². The van der Waals surface area contributed by atoms with E-state index in [1.807, 2.05) is 33.8 Å². The number of amides is 1. The quantitative estimate of drug-likeness (QED) is 0.604. The highest BCUT2D eigenvalue weighted by Crippen LogP contribution is 2.36. The van der Waals surface area contributed by atoms with E-state index in [1.165, 1.54) is 32.4 Å². The van der Waals surface area contributed by atoms with E-state index >= 15 is 0 Å². The average Bonchev–Trinajstić information content (AvgIpc) is 2.69. The van der Waals surface area contributed by atoms with Crippen LogP contribution in [-0.2, 0) is 9.53 Å². The molecule has 1 aromatic heterocycles. The van der Waals surface area contributed by atoms with Crippen molar-refractivity contribution >= 4 is 11.9 Å². The van der Waals surface area contributed by atoms with Crippen molar-refractivity contribution < 1.29 is 28.6 Å². The van der Waals surface area contributed by atoms with E-state index in [-0.39, 0.29) is 40.9 Å². The minimum Gasteiger partial charge on any atom is -0.503 e. The number of hydrogen-bond acceptors (Lipinski definition) is 6. The van der Waals surface area contributed by atoms with Gasteiger partial charge in [0.1, 0.15) is 18.0 Å². The molecule has 0 saturated heterocycles. The van der Waals surface area contributed by atoms with E-state index in [2.05, 4.69) is 10.3 Å². The predicted molar refractivity (Wildman–Crippen MR) is 114 cm³/mol. The van der Waals surface area contributed by atoms with Gasteiger partial charge in [0.05, 0.1) is 7.11 Å². The number of pyridine rings is 1. The molecule has 7 nitrogen and oxygen atoms in total. The van der Waals surface area contributed by atoms with Crippen molar-refractivity contribution in [2.45, 2.75) is 46.8 Å². The van der Waals surface area contributed by atoms with Gasteiger partial charge in [-0.15, -0.1) is 0 Å². The fraction of sp³-hybridized carbons (Fsp3) is 0.522. The zero-order chi connectivity index (χ0) is 23.3. The van der Waals surface area contributed by atoms with Crippen molar-refractivity contribution in [3.05, 3.63) is 42.0 Å². The van der Waals surface area contributed by atoms with Crippen LogP contribution in [0.2, 0.25) is 0 Å². The normalized spacial score (nSPS) is 21.1. The fourth-order valence-electron chi connectivity index (χ4n) is 4.03. The highest BCUT2D eigenvalue weighted by molar-refractivity contribution is 5.97. The second-order valence-electron chi connectivity index (χ2n) is 8.22. The Kier molecular flexibility index (Phi) is 8.19. The lowest BCUT2D eigenvalue weighted by atomic mass is 9.72. The number of nitrogens with zero attached hydrogens (tertiary/aromatic N) is 1. The van der Waals surface area contributed by atoms with E-state index in [0.717, 1.165) is 0 Å². The maximum absolute atomic E-state index is 13.5. The van der Waals surface area contributed by atoms with Gasteiger partial charge in [0.25, 0.3) is 5.91 Å². The van der Waals surface area contributed by atoms with Crippen LogP contribution in [-0.4, -0.2) is 41.2 Å². The number of rotatable bonds is 8. The summed E-state index contributed by atoms with van der Waals surface area (Å²) in [5.41, 5.74) is -0.248. The summed E-state index contributed by atoms with van der Waals surface area (Å²) in [5, 5.41) is 12.6. The first-order chi connectivity index (χ1) is 14.6. The molecule has 5 atom stereocenters. The lowest BCUT2D eigenvalue weighted by Gasteiger charge is -2.36. The number of esters is 1. The third-order valence-electron chi connectivity index (χ3n) is 5.59. The summed E-state index contributed by atoms with van der Waals surface area (Å²) in [6, 6.07) is 0.450. The molecule has 0 spiro atoms. The van der Waals surface area contributed by atoms with E-state index in [9.17, 15) is 19.1 Å². The maximum Gasteiger partial charge on any atom is 0.328 e. The average molecular weight is 435 g/mol. The number of ether oxygens (including phenoxy) is 2. The van der Waals surface area contributed by atoms with E-state index in [0.29, 0.717) is 0 Å². The number of allylic oxidation sites excluding steroid dienone is 4. The summed E-state index contributed by atoms with van der Waals surface area (Å²) in [5.74, 6) is -1.77. The Balaban J connectivity index is 2.05. The van der Waals surface area contributed by atoms with E-state index < -0.39 is 29.8 Å². The Morgan fingerprint density at radius 1 is 1.26 bits per heavy atom. The molecule has 1 amide bonds. The van der Waals surface area contributed by atoms with Crippen molar-refractivity contribution in [2.75, 3.05) is 7.11 Å². The topological polar surface area (TPSA) is 97.8 Å². The first kappa shape index (κ1) is 24.4. The molecule has 31 heavy (non-hydrogen) atoms. The van der Waals surface area contributed by atoms with Crippen molar-refractivity contribution in [3.63, 3.8) is 0 Å². The van der Waals surface area contributed by atoms with Crippen molar-refractivity contribution in [3.8, 4) is 11.5 Å². The van der Waals surface area contributed by atoms with Crippen LogP contribution in [0, 0.1) is 23.7 Å². The van der Waals surface area contributed by atoms with Gasteiger partial charge in [0, 0.05) is 18.2 Å². The predicted octanol–water partition coefficient (Wildman–Crippen LogP) is 3.79. The SMILES string of the molecule is COc1ccnc(C(=O)N[C@@H](C)C(=O)O[C@@H](C)[C@H](C(C)C)C2C=CC(F)=CC2C)c1O. The van der Waals surface area contributed by atoms with Crippen LogP contribution in [0.5, 0.6) is 11.5 Å². The number of hydrogen-bond donors (Lipinski definition) is 2. The highest BCUT2D eigenvalue weighted by Gasteiger charge is 2.35. The summed E-state index contributed by atoms with van der Waals surface area (Å²) in [7, 11) is 1.36. The molecule has 170 valence electrons. The van der Waals surface area contributed by atoms with Gasteiger partial charge in [0.15, 0.2) is 17.2 Å². The van der Waals surface area contributed by atoms with Crippen molar-refractivity contribution in [1.82, 2.24) is 10.3 Å². The van der Waals surface area contributed by atoms with Crippen LogP contribution in [0.15, 0.2) is 36.3 Å². The van der Waals surface area contributed by atoms with Gasteiger partial charge in [-0.3, -0.25) is 4.79 Å². The van der Waals surface area contributed by atoms with Crippen LogP contribution in [0.25, 0.3) is 0 Å². The first-order valence-corrected chi connectivity index (χ1v) is 10.4. The molecule has 2 rings (SSSR count). The molecule has 2 unspecified atom stereocenters. The summed E-state index contributed by atoms with van der Waals surface area (Å²) in [4.78, 5) is 28.9. The summed E-state index contributed by atoms with van der Waals surface area (Å²) >= 11 is 0. The number of carbonyl (C=O) groups excluding carboxylic acids is 2. The number of methoxy groups -OCH3 is 1. The Labute approximate surface area is 182 Å². The van der Waals surface area contributed by atoms with Gasteiger partial charge >= 0.3 is 5.97 Å². The molecule has 1 aliphatic rings. The second kappa shape index (κ2) is 10.4. The molecule has 1 heterocycles. The smallest absolute Gasteiger partial charge is 0.328 e. The van der Waals surface area contributed by atoms with Gasteiger partial charge in [-0.25, -0.2) is 14.2 Å². The van der Waals surface area contributed by atoms with Gasteiger partial charge in [-0.05, 0) is 43.8 Å². The summed E-state index contributed by atoms with van der Waals surface area (Å²) < 4.78 is 24.2. The van der Waals surface area contributed by atoms with E-state index in [1.54, 1.807) is 6.08 Å². The Hall–Kier alpha value is -2.90. The molecule has 0 fully saturated rings. The lowest BCUT2D eigenvalue weighted by Crippen LogP contribution is -2.43. The van der Waals surface area contributed by atoms with Crippen LogP contribution in [0.3, 0.4) is 0 Å². The number of halogens is 1. The molecule has 8 heteroatoms. The molecule has 0 aliphatic heterocycles. The molecule has 0 aromatic carbocycles.